The van der Waals surface area contributed by atoms with E-state index >= 15 is 0 Å². The molecule has 0 amide bonds. The number of benzene rings is 2. The van der Waals surface area contributed by atoms with Crippen molar-refractivity contribution < 1.29 is 9.47 Å². The molecule has 1 aromatic heterocycles. The monoisotopic (exact) mass is 459 g/mol. The molecule has 2 heterocycles. The van der Waals surface area contributed by atoms with E-state index in [1.54, 1.807) is 7.11 Å². The van der Waals surface area contributed by atoms with Gasteiger partial charge in [0, 0.05) is 43.7 Å². The van der Waals surface area contributed by atoms with Gasteiger partial charge in [0.05, 0.1) is 35.0 Å². The Morgan fingerprint density at radius 3 is 2.58 bits per heavy atom. The van der Waals surface area contributed by atoms with Gasteiger partial charge < -0.3 is 14.4 Å². The summed E-state index contributed by atoms with van der Waals surface area (Å²) in [6.07, 6.45) is 2.13. The number of methoxy groups -OCH3 is 1. The number of rotatable bonds is 8. The average Bonchev–Trinajstić information content (AvgIpc) is 2.80. The Balaban J connectivity index is 1.18. The van der Waals surface area contributed by atoms with Crippen LogP contribution in [0.15, 0.2) is 48.5 Å². The highest BCUT2D eigenvalue weighted by Gasteiger charge is 2.19. The van der Waals surface area contributed by atoms with Crippen molar-refractivity contribution in [3.63, 3.8) is 0 Å². The highest BCUT2D eigenvalue weighted by atomic mass is 35.5. The summed E-state index contributed by atoms with van der Waals surface area (Å²) < 4.78 is 11.1. The summed E-state index contributed by atoms with van der Waals surface area (Å²) in [6.45, 7) is 5.77. The molecule has 0 N–H and O–H groups in total. The molecule has 3 aromatic rings. The van der Waals surface area contributed by atoms with E-state index in [9.17, 15) is 0 Å². The number of aromatic nitrogens is 1. The third-order valence-corrected chi connectivity index (χ3v) is 6.44. The molecule has 1 fully saturated rings. The minimum Gasteiger partial charge on any atom is -0.494 e. The molecule has 1 saturated heterocycles. The van der Waals surface area contributed by atoms with E-state index in [0.29, 0.717) is 22.5 Å². The van der Waals surface area contributed by atoms with Crippen molar-refractivity contribution in [1.29, 1.82) is 0 Å². The number of nitrogens with zero attached hydrogens (tertiary/aromatic N) is 3. The second kappa shape index (κ2) is 10.4. The standard InChI is InChI=1S/C24H27Cl2N3O2/c1-30-23-10-8-18-7-9-19(17-21(18)27-23)31-16-3-2-11-28-12-14-29(15-13-28)22-6-4-5-20(25)24(22)26/h4-10,17H,2-3,11-16H2,1H3. The largest absolute Gasteiger partial charge is 0.494 e. The van der Waals surface area contributed by atoms with E-state index in [4.69, 9.17) is 32.7 Å². The zero-order valence-corrected chi connectivity index (χ0v) is 19.2. The lowest BCUT2D eigenvalue weighted by molar-refractivity contribution is 0.238. The van der Waals surface area contributed by atoms with Crippen LogP contribution in [0, 0.1) is 0 Å². The molecule has 0 bridgehead atoms. The van der Waals surface area contributed by atoms with Gasteiger partial charge in [-0.15, -0.1) is 0 Å². The van der Waals surface area contributed by atoms with Crippen LogP contribution in [0.1, 0.15) is 12.8 Å². The Morgan fingerprint density at radius 1 is 0.968 bits per heavy atom. The van der Waals surface area contributed by atoms with Crippen LogP contribution in [0.3, 0.4) is 0 Å². The minimum absolute atomic E-state index is 0.613. The lowest BCUT2D eigenvalue weighted by Gasteiger charge is -2.36. The van der Waals surface area contributed by atoms with Crippen LogP contribution in [0.5, 0.6) is 11.6 Å². The third kappa shape index (κ3) is 5.53. The first-order valence-electron chi connectivity index (χ1n) is 10.6. The molecule has 31 heavy (non-hydrogen) atoms. The maximum Gasteiger partial charge on any atom is 0.213 e. The highest BCUT2D eigenvalue weighted by molar-refractivity contribution is 6.43. The van der Waals surface area contributed by atoms with Gasteiger partial charge in [0.2, 0.25) is 5.88 Å². The van der Waals surface area contributed by atoms with Crippen molar-refractivity contribution in [2.45, 2.75) is 12.8 Å². The molecule has 7 heteroatoms. The number of halogens is 2. The highest BCUT2D eigenvalue weighted by Crippen LogP contribution is 2.32. The fourth-order valence-corrected chi connectivity index (χ4v) is 4.27. The third-order valence-electron chi connectivity index (χ3n) is 5.63. The van der Waals surface area contributed by atoms with Crippen molar-refractivity contribution in [1.82, 2.24) is 9.88 Å². The number of hydrogen-bond donors (Lipinski definition) is 0. The maximum atomic E-state index is 6.37. The van der Waals surface area contributed by atoms with Crippen molar-refractivity contribution in [3.05, 3.63) is 58.6 Å². The van der Waals surface area contributed by atoms with Crippen molar-refractivity contribution in [2.24, 2.45) is 0 Å². The number of hydrogen-bond acceptors (Lipinski definition) is 5. The quantitative estimate of drug-likeness (QED) is 0.413. The lowest BCUT2D eigenvalue weighted by Crippen LogP contribution is -2.46. The van der Waals surface area contributed by atoms with Gasteiger partial charge in [-0.2, -0.15) is 0 Å². The van der Waals surface area contributed by atoms with E-state index in [0.717, 1.165) is 67.9 Å². The van der Waals surface area contributed by atoms with E-state index in [1.807, 2.05) is 48.5 Å². The van der Waals surface area contributed by atoms with Gasteiger partial charge in [-0.05, 0) is 49.7 Å². The van der Waals surface area contributed by atoms with Crippen molar-refractivity contribution in [2.75, 3.05) is 51.3 Å². The second-order valence-electron chi connectivity index (χ2n) is 7.67. The Kier molecular flexibility index (Phi) is 7.38. The van der Waals surface area contributed by atoms with Crippen LogP contribution in [0.25, 0.3) is 10.9 Å². The van der Waals surface area contributed by atoms with Crippen LogP contribution < -0.4 is 14.4 Å². The summed E-state index contributed by atoms with van der Waals surface area (Å²) >= 11 is 12.5. The van der Waals surface area contributed by atoms with Gasteiger partial charge in [0.1, 0.15) is 5.75 Å². The molecular formula is C24H27Cl2N3O2. The fraction of sp³-hybridized carbons (Fsp3) is 0.375. The van der Waals surface area contributed by atoms with E-state index in [1.165, 1.54) is 0 Å². The molecule has 4 rings (SSSR count). The molecule has 164 valence electrons. The van der Waals surface area contributed by atoms with E-state index in [2.05, 4.69) is 14.8 Å². The summed E-state index contributed by atoms with van der Waals surface area (Å²) in [4.78, 5) is 9.29. The molecule has 0 aliphatic carbocycles. The Hall–Kier alpha value is -2.21. The van der Waals surface area contributed by atoms with E-state index < -0.39 is 0 Å². The predicted molar refractivity (Wildman–Crippen MR) is 128 cm³/mol. The van der Waals surface area contributed by atoms with Crippen molar-refractivity contribution in [3.8, 4) is 11.6 Å². The molecule has 1 aliphatic heterocycles. The molecule has 0 spiro atoms. The number of ether oxygens (including phenoxy) is 2. The summed E-state index contributed by atoms with van der Waals surface area (Å²) in [5.41, 5.74) is 1.92. The number of fused-ring (bicyclic) bond motifs is 1. The predicted octanol–water partition coefficient (Wildman–Crippen LogP) is 5.53. The van der Waals surface area contributed by atoms with Crippen LogP contribution in [0.2, 0.25) is 10.0 Å². The topological polar surface area (TPSA) is 37.8 Å². The van der Waals surface area contributed by atoms with Gasteiger partial charge in [-0.1, -0.05) is 29.3 Å². The molecule has 0 unspecified atom stereocenters. The molecule has 1 aliphatic rings. The average molecular weight is 460 g/mol. The maximum absolute atomic E-state index is 6.37. The summed E-state index contributed by atoms with van der Waals surface area (Å²) in [5, 5.41) is 2.34. The molecule has 0 saturated carbocycles. The summed E-state index contributed by atoms with van der Waals surface area (Å²) in [5.74, 6) is 1.46. The number of piperazine rings is 1. The zero-order valence-electron chi connectivity index (χ0n) is 17.7. The second-order valence-corrected chi connectivity index (χ2v) is 8.45. The van der Waals surface area contributed by atoms with Gasteiger partial charge in [-0.3, -0.25) is 4.90 Å². The number of pyridine rings is 1. The Bertz CT molecular complexity index is 1020. The van der Waals surface area contributed by atoms with E-state index in [-0.39, 0.29) is 0 Å². The smallest absolute Gasteiger partial charge is 0.213 e. The molecule has 0 atom stereocenters. The zero-order chi connectivity index (χ0) is 21.6. The molecular weight excluding hydrogens is 433 g/mol. The van der Waals surface area contributed by atoms with Crippen molar-refractivity contribution >= 4 is 39.8 Å². The minimum atomic E-state index is 0.613. The van der Waals surface area contributed by atoms with Crippen LogP contribution in [-0.2, 0) is 0 Å². The SMILES string of the molecule is COc1ccc2ccc(OCCCCN3CCN(c4cccc(Cl)c4Cl)CC3)cc2n1. The van der Waals surface area contributed by atoms with Gasteiger partial charge >= 0.3 is 0 Å². The van der Waals surface area contributed by atoms with Gasteiger partial charge in [0.15, 0.2) is 0 Å². The van der Waals surface area contributed by atoms with Gasteiger partial charge in [-0.25, -0.2) is 4.98 Å². The Labute approximate surface area is 193 Å². The normalized spacial score (nSPS) is 14.7. The molecule has 5 nitrogen and oxygen atoms in total. The summed E-state index contributed by atoms with van der Waals surface area (Å²) in [7, 11) is 1.63. The Morgan fingerprint density at radius 2 is 1.77 bits per heavy atom. The fourth-order valence-electron chi connectivity index (χ4n) is 3.86. The first-order chi connectivity index (χ1) is 15.1. The van der Waals surface area contributed by atoms with Crippen LogP contribution >= 0.6 is 23.2 Å². The molecule has 0 radical (unpaired) electrons. The first-order valence-corrected chi connectivity index (χ1v) is 11.4. The lowest BCUT2D eigenvalue weighted by atomic mass is 10.2. The molecule has 2 aromatic carbocycles. The van der Waals surface area contributed by atoms with Crippen LogP contribution in [-0.4, -0.2) is 56.3 Å². The first kappa shape index (κ1) is 22.0. The van der Waals surface area contributed by atoms with Crippen LogP contribution in [0.4, 0.5) is 5.69 Å². The summed E-state index contributed by atoms with van der Waals surface area (Å²) in [6, 6.07) is 15.7. The number of anilines is 1. The van der Waals surface area contributed by atoms with Gasteiger partial charge in [0.25, 0.3) is 0 Å². The number of unbranched alkanes of at least 4 members (excludes halogenated alkanes) is 1.